The predicted octanol–water partition coefficient (Wildman–Crippen LogP) is 2.46. The number of carbonyl (C=O) groups is 1. The zero-order valence-electron chi connectivity index (χ0n) is 12.4. The van der Waals surface area contributed by atoms with Gasteiger partial charge in [0.25, 0.3) is 0 Å². The summed E-state index contributed by atoms with van der Waals surface area (Å²) >= 11 is 0. The molecule has 2 atom stereocenters. The molecule has 0 spiro atoms. The Balaban J connectivity index is 0.00000361. The number of para-hydroxylation sites is 1. The summed E-state index contributed by atoms with van der Waals surface area (Å²) in [7, 11) is 1.65. The number of carbonyl (C=O) groups excluding carboxylic acids is 1. The van der Waals surface area contributed by atoms with E-state index in [1.165, 1.54) is 0 Å². The van der Waals surface area contributed by atoms with E-state index in [4.69, 9.17) is 10.5 Å². The number of ether oxygens (including phenoxy) is 1. The van der Waals surface area contributed by atoms with Crippen LogP contribution in [0.3, 0.4) is 0 Å². The Hall–Kier alpha value is -1.26. The second-order valence-electron chi connectivity index (χ2n) is 4.96. The fourth-order valence-electron chi connectivity index (χ4n) is 1.97. The summed E-state index contributed by atoms with van der Waals surface area (Å²) in [5, 5.41) is 2.89. The van der Waals surface area contributed by atoms with Gasteiger partial charge in [-0.1, -0.05) is 25.1 Å². The molecule has 4 nitrogen and oxygen atoms in total. The van der Waals surface area contributed by atoms with Gasteiger partial charge in [-0.05, 0) is 30.9 Å². The highest BCUT2D eigenvalue weighted by Crippen LogP contribution is 2.28. The van der Waals surface area contributed by atoms with Crippen molar-refractivity contribution in [1.82, 2.24) is 5.32 Å². The van der Waals surface area contributed by atoms with Crippen LogP contribution in [0, 0.1) is 0 Å². The first-order valence-electron chi connectivity index (χ1n) is 6.69. The van der Waals surface area contributed by atoms with E-state index < -0.39 is 0 Å². The molecule has 1 aromatic carbocycles. The van der Waals surface area contributed by atoms with Crippen LogP contribution in [0.25, 0.3) is 0 Å². The lowest BCUT2D eigenvalue weighted by Gasteiger charge is -2.15. The number of rotatable bonds is 7. The highest BCUT2D eigenvalue weighted by molar-refractivity contribution is 5.85. The molecule has 0 aliphatic heterocycles. The fraction of sp³-hybridized carbons (Fsp3) is 0.533. The van der Waals surface area contributed by atoms with E-state index in [2.05, 4.69) is 5.32 Å². The molecule has 5 heteroatoms. The molecule has 0 fully saturated rings. The van der Waals surface area contributed by atoms with Crippen LogP contribution in [0.1, 0.15) is 38.2 Å². The summed E-state index contributed by atoms with van der Waals surface area (Å²) in [4.78, 5) is 11.8. The summed E-state index contributed by atoms with van der Waals surface area (Å²) in [6, 6.07) is 7.92. The van der Waals surface area contributed by atoms with Crippen molar-refractivity contribution in [2.75, 3.05) is 13.7 Å². The zero-order valence-corrected chi connectivity index (χ0v) is 13.2. The number of hydrogen-bond acceptors (Lipinski definition) is 3. The van der Waals surface area contributed by atoms with Crippen LogP contribution >= 0.6 is 12.4 Å². The summed E-state index contributed by atoms with van der Waals surface area (Å²) in [5.41, 5.74) is 6.70. The second kappa shape index (κ2) is 9.61. The first-order valence-corrected chi connectivity index (χ1v) is 6.69. The Morgan fingerprint density at radius 3 is 2.60 bits per heavy atom. The molecular weight excluding hydrogens is 276 g/mol. The largest absolute Gasteiger partial charge is 0.496 e. The van der Waals surface area contributed by atoms with Gasteiger partial charge in [0.05, 0.1) is 7.11 Å². The van der Waals surface area contributed by atoms with Crippen LogP contribution in [-0.2, 0) is 4.79 Å². The van der Waals surface area contributed by atoms with Crippen molar-refractivity contribution < 1.29 is 9.53 Å². The highest BCUT2D eigenvalue weighted by Gasteiger charge is 2.14. The fourth-order valence-corrected chi connectivity index (χ4v) is 1.97. The van der Waals surface area contributed by atoms with Crippen molar-refractivity contribution in [1.29, 1.82) is 0 Å². The van der Waals surface area contributed by atoms with Crippen molar-refractivity contribution in [3.8, 4) is 5.75 Å². The molecule has 0 aliphatic rings. The van der Waals surface area contributed by atoms with Gasteiger partial charge in [-0.25, -0.2) is 0 Å². The van der Waals surface area contributed by atoms with E-state index in [9.17, 15) is 4.79 Å². The number of nitrogens with two attached hydrogens (primary N) is 1. The van der Waals surface area contributed by atoms with Gasteiger partial charge in [0, 0.05) is 19.0 Å². The van der Waals surface area contributed by atoms with E-state index >= 15 is 0 Å². The van der Waals surface area contributed by atoms with Crippen molar-refractivity contribution in [3.63, 3.8) is 0 Å². The molecule has 1 aromatic rings. The van der Waals surface area contributed by atoms with Crippen LogP contribution in [0.5, 0.6) is 5.75 Å². The molecule has 0 bridgehead atoms. The number of methoxy groups -OCH3 is 1. The average molecular weight is 301 g/mol. The third kappa shape index (κ3) is 6.26. The Morgan fingerprint density at radius 2 is 2.00 bits per heavy atom. The quantitative estimate of drug-likeness (QED) is 0.813. The van der Waals surface area contributed by atoms with Crippen LogP contribution < -0.4 is 15.8 Å². The topological polar surface area (TPSA) is 64.3 Å². The summed E-state index contributed by atoms with van der Waals surface area (Å²) in [5.74, 6) is 1.02. The Morgan fingerprint density at radius 1 is 1.35 bits per heavy atom. The van der Waals surface area contributed by atoms with Gasteiger partial charge in [0.2, 0.25) is 5.91 Å². The van der Waals surface area contributed by atoms with Gasteiger partial charge in [0.15, 0.2) is 0 Å². The minimum absolute atomic E-state index is 0. The average Bonchev–Trinajstić information content (AvgIpc) is 2.38. The van der Waals surface area contributed by atoms with Gasteiger partial charge in [-0.2, -0.15) is 0 Å². The second-order valence-corrected chi connectivity index (χ2v) is 4.96. The number of benzene rings is 1. The normalized spacial score (nSPS) is 13.0. The molecule has 0 radical (unpaired) electrons. The third-order valence-corrected chi connectivity index (χ3v) is 3.08. The van der Waals surface area contributed by atoms with Crippen molar-refractivity contribution in [3.05, 3.63) is 29.8 Å². The molecule has 0 aliphatic carbocycles. The molecule has 0 saturated heterocycles. The summed E-state index contributed by atoms with van der Waals surface area (Å²) < 4.78 is 5.31. The van der Waals surface area contributed by atoms with Crippen LogP contribution in [0.2, 0.25) is 0 Å². The standard InChI is InChI=1S/C15H24N2O2.ClH/c1-11(10-15(18)17-9-8-12(2)16)13-6-4-5-7-14(13)19-3;/h4-7,11-12H,8-10,16H2,1-3H3,(H,17,18);1H. The van der Waals surface area contributed by atoms with Gasteiger partial charge in [-0.15, -0.1) is 12.4 Å². The molecule has 0 heterocycles. The first kappa shape index (κ1) is 18.7. The SMILES string of the molecule is COc1ccccc1C(C)CC(=O)NCCC(C)N.Cl. The smallest absolute Gasteiger partial charge is 0.220 e. The summed E-state index contributed by atoms with van der Waals surface area (Å²) in [6.07, 6.45) is 1.26. The van der Waals surface area contributed by atoms with Crippen molar-refractivity contribution in [2.24, 2.45) is 5.73 Å². The number of amides is 1. The maximum absolute atomic E-state index is 11.8. The Labute approximate surface area is 127 Å². The van der Waals surface area contributed by atoms with Gasteiger partial charge in [-0.3, -0.25) is 4.79 Å². The van der Waals surface area contributed by atoms with Crippen LogP contribution in [0.4, 0.5) is 0 Å². The minimum Gasteiger partial charge on any atom is -0.496 e. The van der Waals surface area contributed by atoms with Crippen LogP contribution in [-0.4, -0.2) is 25.6 Å². The molecule has 3 N–H and O–H groups in total. The first-order chi connectivity index (χ1) is 9.04. The molecule has 114 valence electrons. The maximum atomic E-state index is 11.8. The lowest BCUT2D eigenvalue weighted by Crippen LogP contribution is -2.29. The Kier molecular flexibility index (Phi) is 9.01. The maximum Gasteiger partial charge on any atom is 0.220 e. The molecule has 1 amide bonds. The minimum atomic E-state index is 0. The number of hydrogen-bond donors (Lipinski definition) is 2. The van der Waals surface area contributed by atoms with E-state index in [0.29, 0.717) is 13.0 Å². The zero-order chi connectivity index (χ0) is 14.3. The van der Waals surface area contributed by atoms with Gasteiger partial charge >= 0.3 is 0 Å². The lowest BCUT2D eigenvalue weighted by molar-refractivity contribution is -0.121. The lowest BCUT2D eigenvalue weighted by atomic mass is 9.96. The van der Waals surface area contributed by atoms with E-state index in [0.717, 1.165) is 17.7 Å². The van der Waals surface area contributed by atoms with E-state index in [-0.39, 0.29) is 30.3 Å². The van der Waals surface area contributed by atoms with Crippen molar-refractivity contribution in [2.45, 2.75) is 38.6 Å². The third-order valence-electron chi connectivity index (χ3n) is 3.08. The van der Waals surface area contributed by atoms with E-state index in [1.807, 2.05) is 38.1 Å². The summed E-state index contributed by atoms with van der Waals surface area (Å²) in [6.45, 7) is 4.60. The number of nitrogens with one attached hydrogen (secondary N) is 1. The number of halogens is 1. The molecule has 1 rings (SSSR count). The predicted molar refractivity (Wildman–Crippen MR) is 84.6 cm³/mol. The molecular formula is C15H25ClN2O2. The van der Waals surface area contributed by atoms with Gasteiger partial charge in [0.1, 0.15) is 5.75 Å². The van der Waals surface area contributed by atoms with Crippen LogP contribution in [0.15, 0.2) is 24.3 Å². The molecule has 2 unspecified atom stereocenters. The monoisotopic (exact) mass is 300 g/mol. The highest BCUT2D eigenvalue weighted by atomic mass is 35.5. The van der Waals surface area contributed by atoms with E-state index in [1.54, 1.807) is 7.11 Å². The Bertz CT molecular complexity index is 411. The molecule has 20 heavy (non-hydrogen) atoms. The molecule has 0 saturated carbocycles. The van der Waals surface area contributed by atoms with Gasteiger partial charge < -0.3 is 15.8 Å². The van der Waals surface area contributed by atoms with Crippen molar-refractivity contribution >= 4 is 18.3 Å². The molecule has 0 aromatic heterocycles.